The van der Waals surface area contributed by atoms with Crippen molar-refractivity contribution in [3.05, 3.63) is 83.2 Å². The minimum absolute atomic E-state index is 0.00163. The Bertz CT molecular complexity index is 1160. The van der Waals surface area contributed by atoms with Gasteiger partial charge in [-0.1, -0.05) is 64.8 Å². The van der Waals surface area contributed by atoms with Gasteiger partial charge in [0.05, 0.1) is 13.5 Å². The summed E-state index contributed by atoms with van der Waals surface area (Å²) in [4.78, 5) is 11.3. The zero-order valence-electron chi connectivity index (χ0n) is 21.9. The lowest BCUT2D eigenvalue weighted by molar-refractivity contribution is -0.137. The summed E-state index contributed by atoms with van der Waals surface area (Å²) in [6.45, 7) is 8.77. The highest BCUT2D eigenvalue weighted by molar-refractivity contribution is 5.71. The zero-order valence-corrected chi connectivity index (χ0v) is 21.9. The summed E-state index contributed by atoms with van der Waals surface area (Å²) >= 11 is 0. The van der Waals surface area contributed by atoms with Gasteiger partial charge in [-0.2, -0.15) is 0 Å². The molecule has 0 saturated carbocycles. The van der Waals surface area contributed by atoms with Gasteiger partial charge in [0.15, 0.2) is 0 Å². The quantitative estimate of drug-likeness (QED) is 0.294. The van der Waals surface area contributed by atoms with Crippen molar-refractivity contribution in [3.63, 3.8) is 0 Å². The summed E-state index contributed by atoms with van der Waals surface area (Å²) in [6.07, 6.45) is 3.01. The molecule has 0 heterocycles. The molecular formula is C31H37FO4. The summed E-state index contributed by atoms with van der Waals surface area (Å²) in [5.41, 5.74) is 4.13. The maximum absolute atomic E-state index is 14.9. The first-order valence-electron chi connectivity index (χ1n) is 12.5. The third-order valence-electron chi connectivity index (χ3n) is 6.44. The zero-order chi connectivity index (χ0) is 26.3. The fourth-order valence-electron chi connectivity index (χ4n) is 4.45. The monoisotopic (exact) mass is 492 g/mol. The Balaban J connectivity index is 1.82. The second-order valence-electron chi connectivity index (χ2n) is 10.3. The summed E-state index contributed by atoms with van der Waals surface area (Å²) in [6, 6.07) is 18.5. The number of benzene rings is 3. The van der Waals surface area contributed by atoms with E-state index >= 15 is 0 Å². The molecule has 1 unspecified atom stereocenters. The van der Waals surface area contributed by atoms with Gasteiger partial charge >= 0.3 is 5.97 Å². The molecule has 0 aliphatic carbocycles. The predicted molar refractivity (Wildman–Crippen MR) is 142 cm³/mol. The van der Waals surface area contributed by atoms with Crippen LogP contribution in [0.15, 0.2) is 60.7 Å². The Hall–Kier alpha value is -3.34. The van der Waals surface area contributed by atoms with Crippen molar-refractivity contribution < 1.29 is 23.8 Å². The van der Waals surface area contributed by atoms with E-state index < -0.39 is 5.97 Å². The fourth-order valence-corrected chi connectivity index (χ4v) is 4.45. The van der Waals surface area contributed by atoms with E-state index in [1.54, 1.807) is 19.2 Å². The van der Waals surface area contributed by atoms with Gasteiger partial charge in [0.25, 0.3) is 0 Å². The molecule has 1 N–H and O–H groups in total. The van der Waals surface area contributed by atoms with E-state index in [9.17, 15) is 14.3 Å². The Labute approximate surface area is 214 Å². The number of rotatable bonds is 11. The highest BCUT2D eigenvalue weighted by Gasteiger charge is 2.21. The van der Waals surface area contributed by atoms with Crippen LogP contribution in [0.3, 0.4) is 0 Å². The van der Waals surface area contributed by atoms with E-state index in [4.69, 9.17) is 9.47 Å². The SMILES string of the molecule is CCCCC(CC(=O)O)c1ccc(OCc2ccc(C(C)(C)C)c(-c3cc(OC)ccc3F)c2)cc1. The van der Waals surface area contributed by atoms with Crippen LogP contribution in [0.2, 0.25) is 0 Å². The normalized spacial score (nSPS) is 12.3. The largest absolute Gasteiger partial charge is 0.497 e. The van der Waals surface area contributed by atoms with Crippen LogP contribution in [-0.4, -0.2) is 18.2 Å². The Morgan fingerprint density at radius 1 is 0.972 bits per heavy atom. The van der Waals surface area contributed by atoms with E-state index in [1.165, 1.54) is 6.07 Å². The van der Waals surface area contributed by atoms with Crippen molar-refractivity contribution >= 4 is 5.97 Å². The van der Waals surface area contributed by atoms with E-state index in [1.807, 2.05) is 42.5 Å². The third kappa shape index (κ3) is 7.09. The third-order valence-corrected chi connectivity index (χ3v) is 6.44. The molecule has 0 radical (unpaired) electrons. The van der Waals surface area contributed by atoms with Gasteiger partial charge in [0, 0.05) is 5.56 Å². The van der Waals surface area contributed by atoms with Crippen molar-refractivity contribution in [3.8, 4) is 22.6 Å². The molecule has 0 saturated heterocycles. The summed E-state index contributed by atoms with van der Waals surface area (Å²) < 4.78 is 26.3. The van der Waals surface area contributed by atoms with Gasteiger partial charge in [-0.15, -0.1) is 0 Å². The number of unbranched alkanes of at least 4 members (excludes halogenated alkanes) is 1. The van der Waals surface area contributed by atoms with Gasteiger partial charge in [-0.25, -0.2) is 4.39 Å². The Morgan fingerprint density at radius 2 is 1.67 bits per heavy atom. The van der Waals surface area contributed by atoms with Gasteiger partial charge in [-0.3, -0.25) is 4.79 Å². The van der Waals surface area contributed by atoms with E-state index in [2.05, 4.69) is 27.7 Å². The molecule has 0 bridgehead atoms. The molecule has 3 rings (SSSR count). The molecule has 0 amide bonds. The number of carboxylic acid groups (broad SMARTS) is 1. The van der Waals surface area contributed by atoms with Crippen molar-refractivity contribution in [1.29, 1.82) is 0 Å². The average molecular weight is 493 g/mol. The molecule has 0 aliphatic heterocycles. The molecule has 0 spiro atoms. The maximum Gasteiger partial charge on any atom is 0.303 e. The van der Waals surface area contributed by atoms with Crippen LogP contribution >= 0.6 is 0 Å². The van der Waals surface area contributed by atoms with Crippen molar-refractivity contribution in [2.75, 3.05) is 7.11 Å². The molecule has 36 heavy (non-hydrogen) atoms. The van der Waals surface area contributed by atoms with E-state index in [0.29, 0.717) is 23.7 Å². The number of halogens is 1. The van der Waals surface area contributed by atoms with Crippen LogP contribution < -0.4 is 9.47 Å². The standard InChI is InChI=1S/C31H37FO4/c1-6-7-8-23(18-30(33)34)22-10-12-24(13-11-22)36-20-21-9-15-28(31(2,3)4)26(17-21)27-19-25(35-5)14-16-29(27)32/h9-17,19,23H,6-8,18,20H2,1-5H3,(H,33,34). The molecule has 0 aromatic heterocycles. The molecule has 3 aromatic carbocycles. The number of aliphatic carboxylic acids is 1. The fraction of sp³-hybridized carbons (Fsp3) is 0.387. The Morgan fingerprint density at radius 3 is 2.28 bits per heavy atom. The van der Waals surface area contributed by atoms with Crippen LogP contribution in [0.4, 0.5) is 4.39 Å². The first-order chi connectivity index (χ1) is 17.1. The maximum atomic E-state index is 14.9. The minimum atomic E-state index is -0.779. The number of hydrogen-bond acceptors (Lipinski definition) is 3. The average Bonchev–Trinajstić information content (AvgIpc) is 2.85. The van der Waals surface area contributed by atoms with Gasteiger partial charge < -0.3 is 14.6 Å². The lowest BCUT2D eigenvalue weighted by Gasteiger charge is -2.24. The second-order valence-corrected chi connectivity index (χ2v) is 10.3. The molecule has 1 atom stereocenters. The molecule has 5 heteroatoms. The Kier molecular flexibility index (Phi) is 9.14. The van der Waals surface area contributed by atoms with E-state index in [0.717, 1.165) is 41.5 Å². The highest BCUT2D eigenvalue weighted by Crippen LogP contribution is 2.37. The molecule has 192 valence electrons. The van der Waals surface area contributed by atoms with Crippen molar-refractivity contribution in [1.82, 2.24) is 0 Å². The summed E-state index contributed by atoms with van der Waals surface area (Å²) in [5, 5.41) is 9.28. The van der Waals surface area contributed by atoms with Crippen LogP contribution in [-0.2, 0) is 16.8 Å². The van der Waals surface area contributed by atoms with Gasteiger partial charge in [0.2, 0.25) is 0 Å². The molecule has 3 aromatic rings. The molecule has 0 fully saturated rings. The van der Waals surface area contributed by atoms with Crippen LogP contribution in [0, 0.1) is 5.82 Å². The van der Waals surface area contributed by atoms with Crippen LogP contribution in [0.1, 0.15) is 76.0 Å². The summed E-state index contributed by atoms with van der Waals surface area (Å²) in [5.74, 6) is 0.236. The number of hydrogen-bond donors (Lipinski definition) is 1. The molecule has 4 nitrogen and oxygen atoms in total. The lowest BCUT2D eigenvalue weighted by atomic mass is 9.81. The van der Waals surface area contributed by atoms with E-state index in [-0.39, 0.29) is 23.6 Å². The summed E-state index contributed by atoms with van der Waals surface area (Å²) in [7, 11) is 1.57. The lowest BCUT2D eigenvalue weighted by Crippen LogP contribution is -2.13. The van der Waals surface area contributed by atoms with Crippen molar-refractivity contribution in [2.24, 2.45) is 0 Å². The van der Waals surface area contributed by atoms with Crippen LogP contribution in [0.5, 0.6) is 11.5 Å². The van der Waals surface area contributed by atoms with Crippen LogP contribution in [0.25, 0.3) is 11.1 Å². The number of carboxylic acids is 1. The topological polar surface area (TPSA) is 55.8 Å². The van der Waals surface area contributed by atoms with Gasteiger partial charge in [-0.05, 0) is 76.4 Å². The number of ether oxygens (including phenoxy) is 2. The minimum Gasteiger partial charge on any atom is -0.497 e. The first kappa shape index (κ1) is 27.3. The first-order valence-corrected chi connectivity index (χ1v) is 12.5. The molecular weight excluding hydrogens is 455 g/mol. The van der Waals surface area contributed by atoms with Gasteiger partial charge in [0.1, 0.15) is 23.9 Å². The smallest absolute Gasteiger partial charge is 0.303 e. The highest BCUT2D eigenvalue weighted by atomic mass is 19.1. The van der Waals surface area contributed by atoms with Crippen molar-refractivity contribution in [2.45, 2.75) is 71.3 Å². The molecule has 0 aliphatic rings. The number of methoxy groups -OCH3 is 1. The second kappa shape index (κ2) is 12.1. The number of carbonyl (C=O) groups is 1. The predicted octanol–water partition coefficient (Wildman–Crippen LogP) is 8.13.